The van der Waals surface area contributed by atoms with Crippen molar-refractivity contribution in [3.63, 3.8) is 0 Å². The summed E-state index contributed by atoms with van der Waals surface area (Å²) in [4.78, 5) is 58.9. The lowest BCUT2D eigenvalue weighted by molar-refractivity contribution is -0.141. The normalized spacial score (nSPS) is 23.2. The van der Waals surface area contributed by atoms with E-state index < -0.39 is 35.1 Å². The summed E-state index contributed by atoms with van der Waals surface area (Å²) in [6.07, 6.45) is 0.169. The molecule has 14 heteroatoms. The molecule has 11 nitrogen and oxygen atoms in total. The van der Waals surface area contributed by atoms with Gasteiger partial charge in [-0.25, -0.2) is 4.98 Å². The second-order valence-corrected chi connectivity index (χ2v) is 13.9. The molecule has 1 aliphatic carbocycles. The summed E-state index contributed by atoms with van der Waals surface area (Å²) in [5, 5.41) is 10.7. The number of carbonyl (C=O) groups excluding carboxylic acids is 4. The predicted octanol–water partition coefficient (Wildman–Crippen LogP) is 5.37. The van der Waals surface area contributed by atoms with Gasteiger partial charge < -0.3 is 20.3 Å². The molecule has 2 fully saturated rings. The first-order valence-electron chi connectivity index (χ1n) is 16.8. The fraction of sp³-hybridized carbons (Fsp3) is 0.543. The Hall–Kier alpha value is -4.49. The fourth-order valence-corrected chi connectivity index (χ4v) is 7.29. The quantitative estimate of drug-likeness (QED) is 0.346. The average Bonchev–Trinajstić information content (AvgIpc) is 3.43. The van der Waals surface area contributed by atoms with E-state index in [1.807, 2.05) is 19.9 Å². The van der Waals surface area contributed by atoms with Gasteiger partial charge in [0.25, 0.3) is 0 Å². The van der Waals surface area contributed by atoms with Gasteiger partial charge in [-0.2, -0.15) is 18.3 Å². The number of benzene rings is 1. The number of halogens is 3. The Morgan fingerprint density at radius 1 is 1.08 bits per heavy atom. The molecule has 2 aliphatic heterocycles. The van der Waals surface area contributed by atoms with Gasteiger partial charge in [-0.3, -0.25) is 23.9 Å². The summed E-state index contributed by atoms with van der Waals surface area (Å²) in [5.74, 6) is -1.12. The van der Waals surface area contributed by atoms with Gasteiger partial charge in [0, 0.05) is 36.7 Å². The molecule has 0 spiro atoms. The van der Waals surface area contributed by atoms with Crippen molar-refractivity contribution in [2.75, 3.05) is 11.9 Å². The number of pyridine rings is 1. The van der Waals surface area contributed by atoms with Crippen LogP contribution in [0.4, 0.5) is 19.0 Å². The highest BCUT2D eigenvalue weighted by molar-refractivity contribution is 6.06. The number of Topliss-reactive ketones (excluding diaryl/α,β-unsaturated/α-hetero) is 1. The van der Waals surface area contributed by atoms with Gasteiger partial charge in [-0.1, -0.05) is 18.9 Å². The number of rotatable bonds is 5. The van der Waals surface area contributed by atoms with Crippen molar-refractivity contribution >= 4 is 40.2 Å². The molecule has 0 radical (unpaired) electrons. The maximum absolute atomic E-state index is 14.3. The second-order valence-electron chi connectivity index (χ2n) is 13.9. The Kier molecular flexibility index (Phi) is 9.18. The molecule has 1 saturated carbocycles. The van der Waals surface area contributed by atoms with Gasteiger partial charge in [0.05, 0.1) is 11.6 Å². The van der Waals surface area contributed by atoms with Gasteiger partial charge in [0.15, 0.2) is 5.78 Å². The number of amides is 3. The number of carbonyl (C=O) groups is 4. The predicted molar refractivity (Wildman–Crippen MR) is 174 cm³/mol. The molecule has 262 valence electrons. The summed E-state index contributed by atoms with van der Waals surface area (Å²) < 4.78 is 47.9. The number of anilines is 1. The molecule has 3 amide bonds. The van der Waals surface area contributed by atoms with Crippen LogP contribution in [0, 0.1) is 12.3 Å². The van der Waals surface area contributed by atoms with Crippen LogP contribution in [-0.2, 0) is 33.5 Å². The van der Waals surface area contributed by atoms with Crippen LogP contribution in [0.2, 0.25) is 0 Å². The number of aromatic nitrogens is 3. The number of piperidine rings is 1. The van der Waals surface area contributed by atoms with E-state index in [1.54, 1.807) is 6.07 Å². The molecule has 3 aliphatic rings. The van der Waals surface area contributed by atoms with Crippen molar-refractivity contribution in [2.45, 2.75) is 110 Å². The van der Waals surface area contributed by atoms with Crippen molar-refractivity contribution < 1.29 is 37.1 Å². The molecule has 4 heterocycles. The molecule has 3 aromatic rings. The third-order valence-electron chi connectivity index (χ3n) is 9.76. The molecule has 2 N–H and O–H groups in total. The minimum absolute atomic E-state index is 0.101. The molecule has 3 atom stereocenters. The minimum atomic E-state index is -4.71. The summed E-state index contributed by atoms with van der Waals surface area (Å²) in [6.45, 7) is 6.77. The maximum atomic E-state index is 14.3. The number of ketones is 1. The number of alkyl halides is 3. The van der Waals surface area contributed by atoms with Gasteiger partial charge in [0.1, 0.15) is 35.5 Å². The lowest BCUT2D eigenvalue weighted by atomic mass is 9.98. The molecule has 2 bridgehead atoms. The van der Waals surface area contributed by atoms with Crippen LogP contribution in [0.1, 0.15) is 93.0 Å². The Morgan fingerprint density at radius 3 is 2.51 bits per heavy atom. The zero-order chi connectivity index (χ0) is 35.2. The van der Waals surface area contributed by atoms with E-state index in [1.165, 1.54) is 29.5 Å². The van der Waals surface area contributed by atoms with Crippen LogP contribution in [0.3, 0.4) is 0 Å². The zero-order valence-corrected chi connectivity index (χ0v) is 28.1. The van der Waals surface area contributed by atoms with Crippen molar-refractivity contribution in [3.8, 4) is 5.75 Å². The van der Waals surface area contributed by atoms with Crippen molar-refractivity contribution in [3.05, 3.63) is 46.8 Å². The highest BCUT2D eigenvalue weighted by atomic mass is 19.4. The first kappa shape index (κ1) is 34.4. The third kappa shape index (κ3) is 7.00. The summed E-state index contributed by atoms with van der Waals surface area (Å²) in [7, 11) is 0. The van der Waals surface area contributed by atoms with E-state index >= 15 is 0 Å². The largest absolute Gasteiger partial charge is 0.491 e. The molecule has 0 unspecified atom stereocenters. The molecule has 1 aromatic carbocycles. The topological polar surface area (TPSA) is 136 Å². The summed E-state index contributed by atoms with van der Waals surface area (Å²) in [5.41, 5.74) is 0.347. The number of hydrogen-bond donors (Lipinski definition) is 2. The number of aryl methyl sites for hydroxylation is 2. The molecule has 49 heavy (non-hydrogen) atoms. The van der Waals surface area contributed by atoms with E-state index in [0.29, 0.717) is 47.9 Å². The standard InChI is InChI=1S/C35H41F3N6O5/c1-19(2)49-23-13-22-9-7-5-6-8-10-28(46)39-18-34-15-25(33(48)41-32-20(3)11-12-26(40-32)35(36,37)38)44(27(34)16-34)29(47)17-43-31(22)24(14-23)30(42-43)21(4)45/h11-14,19,25,27H,5-10,15-18H2,1-4H3,(H,39,46)(H,40,41,48)/t25-,27+,34-/m0/s1. The SMILES string of the molecule is CC(=O)c1nn2c3c(cc(OC(C)C)cc13)CCCCCCC(=O)NC[C@@]13C[C@@H](C(=O)Nc4nc(C(F)(F)F)ccc4C)N(C(=O)C2)[C@@H]1C3. The Morgan fingerprint density at radius 2 is 1.82 bits per heavy atom. The minimum Gasteiger partial charge on any atom is -0.491 e. The van der Waals surface area contributed by atoms with Crippen LogP contribution >= 0.6 is 0 Å². The smallest absolute Gasteiger partial charge is 0.433 e. The molecular formula is C35H41F3N6O5. The van der Waals surface area contributed by atoms with Crippen LogP contribution in [-0.4, -0.2) is 67.9 Å². The van der Waals surface area contributed by atoms with Crippen molar-refractivity contribution in [2.24, 2.45) is 5.41 Å². The monoisotopic (exact) mass is 682 g/mol. The van der Waals surface area contributed by atoms with E-state index in [2.05, 4.69) is 20.7 Å². The lowest BCUT2D eigenvalue weighted by Gasteiger charge is -2.27. The van der Waals surface area contributed by atoms with E-state index in [9.17, 15) is 32.3 Å². The second kappa shape index (κ2) is 13.1. The lowest BCUT2D eigenvalue weighted by Crippen LogP contribution is -2.47. The van der Waals surface area contributed by atoms with E-state index in [0.717, 1.165) is 30.9 Å². The number of nitrogens with one attached hydrogen (secondary N) is 2. The third-order valence-corrected chi connectivity index (χ3v) is 9.76. The van der Waals surface area contributed by atoms with Gasteiger partial charge in [-0.05, 0) is 82.2 Å². The fourth-order valence-electron chi connectivity index (χ4n) is 7.29. The highest BCUT2D eigenvalue weighted by Gasteiger charge is 2.67. The first-order chi connectivity index (χ1) is 23.2. The maximum Gasteiger partial charge on any atom is 0.433 e. The molecular weight excluding hydrogens is 641 g/mol. The van der Waals surface area contributed by atoms with Crippen LogP contribution in [0.5, 0.6) is 5.75 Å². The summed E-state index contributed by atoms with van der Waals surface area (Å²) >= 11 is 0. The average molecular weight is 683 g/mol. The van der Waals surface area contributed by atoms with Crippen LogP contribution in [0.25, 0.3) is 10.9 Å². The van der Waals surface area contributed by atoms with Crippen molar-refractivity contribution in [1.82, 2.24) is 25.0 Å². The number of nitrogens with zero attached hydrogens (tertiary/aromatic N) is 4. The van der Waals surface area contributed by atoms with Gasteiger partial charge >= 0.3 is 6.18 Å². The Balaban J connectivity index is 1.38. The van der Waals surface area contributed by atoms with Crippen LogP contribution < -0.4 is 15.4 Å². The zero-order valence-electron chi connectivity index (χ0n) is 28.1. The first-order valence-corrected chi connectivity index (χ1v) is 16.8. The number of hydrogen-bond acceptors (Lipinski definition) is 7. The summed E-state index contributed by atoms with van der Waals surface area (Å²) in [6, 6.07) is 4.36. The van der Waals surface area contributed by atoms with Crippen molar-refractivity contribution in [1.29, 1.82) is 0 Å². The van der Waals surface area contributed by atoms with E-state index in [4.69, 9.17) is 4.74 Å². The number of ether oxygens (including phenoxy) is 1. The van der Waals surface area contributed by atoms with Gasteiger partial charge in [0.2, 0.25) is 17.7 Å². The molecule has 1 saturated heterocycles. The van der Waals surface area contributed by atoms with Crippen LogP contribution in [0.15, 0.2) is 24.3 Å². The van der Waals surface area contributed by atoms with Gasteiger partial charge in [-0.15, -0.1) is 0 Å². The van der Waals surface area contributed by atoms with E-state index in [-0.39, 0.29) is 54.9 Å². The highest BCUT2D eigenvalue weighted by Crippen LogP contribution is 2.59. The Labute approximate surface area is 281 Å². The Bertz CT molecular complexity index is 1820. The molecule has 2 aromatic heterocycles. The molecule has 6 rings (SSSR count).